The highest BCUT2D eigenvalue weighted by molar-refractivity contribution is 7.59. The summed E-state index contributed by atoms with van der Waals surface area (Å²) in [5.74, 6) is -1.01. The molecular formula is C29H49N6O6P. The highest BCUT2D eigenvalue weighted by Crippen LogP contribution is 2.40. The number of imidazole rings is 1. The van der Waals surface area contributed by atoms with Crippen LogP contribution < -0.4 is 15.9 Å². The molecule has 1 aliphatic carbocycles. The number of nitrogens with one attached hydrogen (secondary N) is 2. The first-order valence-corrected chi connectivity index (χ1v) is 17.0. The predicted molar refractivity (Wildman–Crippen MR) is 163 cm³/mol. The number of nitrogen functional groups attached to an aromatic ring is 1. The van der Waals surface area contributed by atoms with Gasteiger partial charge in [-0.25, -0.2) is 20.1 Å². The Labute approximate surface area is 249 Å². The predicted octanol–water partition coefficient (Wildman–Crippen LogP) is 4.91. The SMILES string of the molecule is CCCCCCOC(=O)C(C)(C)NP(=O)(CO[C@H](C)Cn1cnc2c(N)ccnc21)N[C@H](C)C(=O)OC1CCCCC1. The fourth-order valence-electron chi connectivity index (χ4n) is 4.97. The second-order valence-corrected chi connectivity index (χ2v) is 14.0. The molecule has 0 radical (unpaired) electrons. The molecule has 0 spiro atoms. The monoisotopic (exact) mass is 608 g/mol. The van der Waals surface area contributed by atoms with Gasteiger partial charge in [-0.3, -0.25) is 14.2 Å². The Bertz CT molecular complexity index is 1210. The molecule has 0 aromatic carbocycles. The summed E-state index contributed by atoms with van der Waals surface area (Å²) in [4.78, 5) is 34.6. The minimum Gasteiger partial charge on any atom is -0.464 e. The number of carbonyl (C=O) groups is 2. The molecule has 0 saturated heterocycles. The van der Waals surface area contributed by atoms with E-state index < -0.39 is 37.1 Å². The van der Waals surface area contributed by atoms with Crippen LogP contribution in [0.4, 0.5) is 5.69 Å². The number of aromatic nitrogens is 3. The van der Waals surface area contributed by atoms with Crippen molar-refractivity contribution in [3.8, 4) is 0 Å². The number of nitrogens with zero attached hydrogens (tertiary/aromatic N) is 3. The Hall–Kier alpha value is -2.53. The lowest BCUT2D eigenvalue weighted by atomic mass is 9.98. The third kappa shape index (κ3) is 10.0. The largest absolute Gasteiger partial charge is 0.464 e. The van der Waals surface area contributed by atoms with E-state index in [-0.39, 0.29) is 19.1 Å². The lowest BCUT2D eigenvalue weighted by molar-refractivity contribution is -0.152. The van der Waals surface area contributed by atoms with E-state index in [2.05, 4.69) is 27.1 Å². The van der Waals surface area contributed by atoms with Gasteiger partial charge in [-0.2, -0.15) is 0 Å². The van der Waals surface area contributed by atoms with Gasteiger partial charge in [0, 0.05) is 6.20 Å². The minimum absolute atomic E-state index is 0.133. The molecule has 4 N–H and O–H groups in total. The van der Waals surface area contributed by atoms with Gasteiger partial charge in [0.25, 0.3) is 0 Å². The van der Waals surface area contributed by atoms with E-state index in [1.807, 2.05) is 11.5 Å². The molecule has 42 heavy (non-hydrogen) atoms. The number of rotatable bonds is 17. The molecule has 2 aromatic rings. The van der Waals surface area contributed by atoms with E-state index in [9.17, 15) is 14.2 Å². The first kappa shape index (κ1) is 34.0. The van der Waals surface area contributed by atoms with Crippen LogP contribution in [0.5, 0.6) is 0 Å². The van der Waals surface area contributed by atoms with Crippen LogP contribution in [0, 0.1) is 0 Å². The molecule has 2 heterocycles. The smallest absolute Gasteiger partial charge is 0.326 e. The number of hydrogen-bond acceptors (Lipinski definition) is 9. The first-order chi connectivity index (χ1) is 19.9. The highest BCUT2D eigenvalue weighted by Gasteiger charge is 2.39. The maximum absolute atomic E-state index is 14.3. The number of nitrogens with two attached hydrogens (primary N) is 1. The third-order valence-corrected chi connectivity index (χ3v) is 9.56. The molecule has 3 atom stereocenters. The zero-order valence-corrected chi connectivity index (χ0v) is 26.7. The van der Waals surface area contributed by atoms with Crippen LogP contribution >= 0.6 is 7.44 Å². The fourth-order valence-corrected chi connectivity index (χ4v) is 7.36. The summed E-state index contributed by atoms with van der Waals surface area (Å²) in [7, 11) is -3.69. The Morgan fingerprint density at radius 3 is 2.62 bits per heavy atom. The van der Waals surface area contributed by atoms with Crippen LogP contribution in [0.2, 0.25) is 0 Å². The van der Waals surface area contributed by atoms with Crippen molar-refractivity contribution in [1.82, 2.24) is 24.7 Å². The number of unbranched alkanes of at least 4 members (excludes halogenated alkanes) is 3. The molecule has 3 rings (SSSR count). The molecule has 1 aliphatic rings. The van der Waals surface area contributed by atoms with Gasteiger partial charge in [0.15, 0.2) is 5.65 Å². The molecule has 0 bridgehead atoms. The molecular weight excluding hydrogens is 559 g/mol. The van der Waals surface area contributed by atoms with Crippen LogP contribution in [0.25, 0.3) is 11.2 Å². The Balaban J connectivity index is 1.68. The van der Waals surface area contributed by atoms with Crippen LogP contribution in [-0.2, 0) is 34.9 Å². The average Bonchev–Trinajstić information content (AvgIpc) is 3.35. The summed E-state index contributed by atoms with van der Waals surface area (Å²) in [6, 6.07) is 0.792. The summed E-state index contributed by atoms with van der Waals surface area (Å²) < 4.78 is 33.3. The van der Waals surface area contributed by atoms with Gasteiger partial charge in [0.05, 0.1) is 31.3 Å². The van der Waals surface area contributed by atoms with Crippen LogP contribution in [0.15, 0.2) is 18.6 Å². The molecule has 1 unspecified atom stereocenters. The number of ether oxygens (including phenoxy) is 3. The van der Waals surface area contributed by atoms with Crippen LogP contribution in [-0.4, -0.2) is 63.2 Å². The summed E-state index contributed by atoms with van der Waals surface area (Å²) >= 11 is 0. The summed E-state index contributed by atoms with van der Waals surface area (Å²) in [6.45, 7) is 9.43. The van der Waals surface area contributed by atoms with Gasteiger partial charge in [-0.05, 0) is 65.9 Å². The van der Waals surface area contributed by atoms with Crippen molar-refractivity contribution in [2.24, 2.45) is 0 Å². The first-order valence-electron chi connectivity index (χ1n) is 15.1. The van der Waals surface area contributed by atoms with Gasteiger partial charge in [0.1, 0.15) is 29.5 Å². The molecule has 0 aliphatic heterocycles. The topological polar surface area (TPSA) is 160 Å². The van der Waals surface area contributed by atoms with Gasteiger partial charge in [-0.1, -0.05) is 32.6 Å². The normalized spacial score (nSPS) is 17.5. The lowest BCUT2D eigenvalue weighted by Crippen LogP contribution is -2.50. The molecule has 12 nitrogen and oxygen atoms in total. The van der Waals surface area contributed by atoms with Crippen LogP contribution in [0.1, 0.15) is 92.4 Å². The van der Waals surface area contributed by atoms with Crippen LogP contribution in [0.3, 0.4) is 0 Å². The van der Waals surface area contributed by atoms with Crippen molar-refractivity contribution >= 4 is 36.2 Å². The van der Waals surface area contributed by atoms with Crippen molar-refractivity contribution in [2.75, 3.05) is 18.7 Å². The maximum atomic E-state index is 14.3. The fraction of sp³-hybridized carbons (Fsp3) is 0.724. The average molecular weight is 609 g/mol. The van der Waals surface area contributed by atoms with Gasteiger partial charge in [0.2, 0.25) is 7.44 Å². The zero-order valence-electron chi connectivity index (χ0n) is 25.8. The second kappa shape index (κ2) is 15.8. The molecule has 1 fully saturated rings. The molecule has 236 valence electrons. The second-order valence-electron chi connectivity index (χ2n) is 11.8. The van der Waals surface area contributed by atoms with Gasteiger partial charge in [-0.15, -0.1) is 0 Å². The Morgan fingerprint density at radius 1 is 1.17 bits per heavy atom. The summed E-state index contributed by atoms with van der Waals surface area (Å²) in [6.07, 6.45) is 11.1. The number of fused-ring (bicyclic) bond motifs is 1. The van der Waals surface area contributed by atoms with Gasteiger partial charge < -0.3 is 24.5 Å². The number of anilines is 1. The van der Waals surface area contributed by atoms with Crippen molar-refractivity contribution in [3.05, 3.63) is 18.6 Å². The van der Waals surface area contributed by atoms with E-state index in [1.54, 1.807) is 39.4 Å². The number of carbonyl (C=O) groups excluding carboxylic acids is 2. The molecule has 1 saturated carbocycles. The number of hydrogen-bond donors (Lipinski definition) is 3. The number of pyridine rings is 1. The van der Waals surface area contributed by atoms with E-state index in [1.165, 1.54) is 0 Å². The molecule has 13 heteroatoms. The van der Waals surface area contributed by atoms with E-state index in [4.69, 9.17) is 19.9 Å². The van der Waals surface area contributed by atoms with E-state index in [0.29, 0.717) is 23.4 Å². The van der Waals surface area contributed by atoms with Crippen molar-refractivity contribution in [1.29, 1.82) is 0 Å². The summed E-state index contributed by atoms with van der Waals surface area (Å²) in [5, 5.41) is 5.87. The maximum Gasteiger partial charge on any atom is 0.326 e. The van der Waals surface area contributed by atoms with Crippen molar-refractivity contribution < 1.29 is 28.4 Å². The van der Waals surface area contributed by atoms with Crippen molar-refractivity contribution in [3.63, 3.8) is 0 Å². The lowest BCUT2D eigenvalue weighted by Gasteiger charge is -2.33. The van der Waals surface area contributed by atoms with E-state index in [0.717, 1.165) is 57.8 Å². The highest BCUT2D eigenvalue weighted by atomic mass is 31.2. The molecule has 2 aromatic heterocycles. The zero-order chi connectivity index (χ0) is 30.8. The van der Waals surface area contributed by atoms with E-state index >= 15 is 0 Å². The van der Waals surface area contributed by atoms with Crippen molar-refractivity contribution in [2.45, 2.75) is 123 Å². The Morgan fingerprint density at radius 2 is 1.90 bits per heavy atom. The number of esters is 2. The summed E-state index contributed by atoms with van der Waals surface area (Å²) in [5.41, 5.74) is 6.43. The third-order valence-electron chi connectivity index (χ3n) is 7.32. The quantitative estimate of drug-likeness (QED) is 0.127. The Kier molecular flexibility index (Phi) is 12.8. The van der Waals surface area contributed by atoms with Gasteiger partial charge >= 0.3 is 11.9 Å². The standard InChI is InChI=1S/C29H49N6O6P/c1-6-7-8-12-17-39-28(37)29(4,5)34-42(38,33-22(3)27(36)41-23-13-10-9-11-14-23)20-40-21(2)18-35-19-32-25-24(30)15-16-31-26(25)35/h15-16,19,21-23H,6-14,17-18,20H2,1-5H3,(H2,30,31)(H2,33,34,38)/t21-,22-,42?/m1/s1. The minimum atomic E-state index is -3.69. The molecule has 0 amide bonds.